The van der Waals surface area contributed by atoms with Crippen LogP contribution in [0.2, 0.25) is 0 Å². The SMILES string of the molecule is CC.CC1CCN(c2ccc(Cc3cn4cc(C(=O)NCc5ccc(C(=O)O)cc5)ccc4n3)cn2)C1. The molecule has 4 aromatic rings. The average Bonchev–Trinajstić information content (AvgIpc) is 3.54. The van der Waals surface area contributed by atoms with Crippen molar-refractivity contribution in [2.75, 3.05) is 18.0 Å². The van der Waals surface area contributed by atoms with E-state index in [-0.39, 0.29) is 11.5 Å². The van der Waals surface area contributed by atoms with Crippen LogP contribution in [0.3, 0.4) is 0 Å². The fourth-order valence-corrected chi connectivity index (χ4v) is 4.37. The zero-order valence-corrected chi connectivity index (χ0v) is 21.5. The average molecular weight is 500 g/mol. The number of carboxylic acids is 1. The van der Waals surface area contributed by atoms with Gasteiger partial charge in [0.15, 0.2) is 0 Å². The molecule has 37 heavy (non-hydrogen) atoms. The molecule has 0 bridgehead atoms. The van der Waals surface area contributed by atoms with E-state index in [1.165, 1.54) is 18.6 Å². The van der Waals surface area contributed by atoms with E-state index in [9.17, 15) is 9.59 Å². The van der Waals surface area contributed by atoms with Crippen LogP contribution < -0.4 is 10.2 Å². The van der Waals surface area contributed by atoms with Crippen molar-refractivity contribution in [2.45, 2.75) is 40.2 Å². The van der Waals surface area contributed by atoms with Crippen LogP contribution >= 0.6 is 0 Å². The Morgan fingerprint density at radius 3 is 2.38 bits per heavy atom. The first-order valence-corrected chi connectivity index (χ1v) is 12.7. The van der Waals surface area contributed by atoms with Crippen molar-refractivity contribution in [3.63, 3.8) is 0 Å². The van der Waals surface area contributed by atoms with Gasteiger partial charge in [-0.25, -0.2) is 14.8 Å². The van der Waals surface area contributed by atoms with Crippen LogP contribution in [0.25, 0.3) is 5.65 Å². The number of carboxylic acid groups (broad SMARTS) is 1. The molecule has 1 aliphatic rings. The number of carbonyl (C=O) groups is 2. The lowest BCUT2D eigenvalue weighted by atomic mass is 10.1. The molecule has 0 spiro atoms. The van der Waals surface area contributed by atoms with E-state index in [0.717, 1.165) is 41.4 Å². The predicted octanol–water partition coefficient (Wildman–Crippen LogP) is 4.82. The van der Waals surface area contributed by atoms with Crippen LogP contribution in [0.15, 0.2) is 67.1 Å². The van der Waals surface area contributed by atoms with Gasteiger partial charge in [-0.15, -0.1) is 0 Å². The normalized spacial score (nSPS) is 14.8. The minimum absolute atomic E-state index is 0.208. The van der Waals surface area contributed by atoms with E-state index in [4.69, 9.17) is 5.11 Å². The van der Waals surface area contributed by atoms with Crippen LogP contribution in [0.5, 0.6) is 0 Å². The van der Waals surface area contributed by atoms with Gasteiger partial charge in [0.1, 0.15) is 11.5 Å². The zero-order valence-electron chi connectivity index (χ0n) is 21.5. The van der Waals surface area contributed by atoms with Crippen LogP contribution in [0.4, 0.5) is 5.82 Å². The number of nitrogens with zero attached hydrogens (tertiary/aromatic N) is 4. The first kappa shape index (κ1) is 25.9. The lowest BCUT2D eigenvalue weighted by molar-refractivity contribution is 0.0696. The Morgan fingerprint density at radius 1 is 1.00 bits per heavy atom. The molecule has 0 saturated carbocycles. The summed E-state index contributed by atoms with van der Waals surface area (Å²) in [6, 6.07) is 14.2. The molecule has 0 radical (unpaired) electrons. The second-order valence-electron chi connectivity index (χ2n) is 9.14. The molecule has 4 heterocycles. The number of imidazole rings is 1. The van der Waals surface area contributed by atoms with Crippen molar-refractivity contribution in [3.05, 3.63) is 95.1 Å². The molecule has 1 fully saturated rings. The summed E-state index contributed by atoms with van der Waals surface area (Å²) in [5.74, 6) is 0.562. The van der Waals surface area contributed by atoms with Gasteiger partial charge in [0.05, 0.1) is 16.8 Å². The monoisotopic (exact) mass is 499 g/mol. The summed E-state index contributed by atoms with van der Waals surface area (Å²) < 4.78 is 1.86. The third-order valence-electron chi connectivity index (χ3n) is 6.36. The second kappa shape index (κ2) is 11.7. The summed E-state index contributed by atoms with van der Waals surface area (Å²) >= 11 is 0. The molecule has 192 valence electrons. The van der Waals surface area contributed by atoms with Gasteiger partial charge in [0.2, 0.25) is 0 Å². The Morgan fingerprint density at radius 2 is 1.73 bits per heavy atom. The number of pyridine rings is 2. The molecular weight excluding hydrogens is 466 g/mol. The fraction of sp³-hybridized carbons (Fsp3) is 0.310. The Balaban J connectivity index is 0.00000156. The minimum Gasteiger partial charge on any atom is -0.478 e. The van der Waals surface area contributed by atoms with E-state index >= 15 is 0 Å². The molecule has 1 atom stereocenters. The van der Waals surface area contributed by atoms with E-state index in [0.29, 0.717) is 24.4 Å². The third kappa shape index (κ3) is 6.33. The zero-order chi connectivity index (χ0) is 26.4. The summed E-state index contributed by atoms with van der Waals surface area (Å²) in [5, 5.41) is 11.9. The highest BCUT2D eigenvalue weighted by Gasteiger charge is 2.19. The highest BCUT2D eigenvalue weighted by Crippen LogP contribution is 2.22. The van der Waals surface area contributed by atoms with Gasteiger partial charge in [-0.1, -0.05) is 39.0 Å². The highest BCUT2D eigenvalue weighted by atomic mass is 16.4. The smallest absolute Gasteiger partial charge is 0.335 e. The molecule has 0 aliphatic carbocycles. The Hall–Kier alpha value is -4.20. The van der Waals surface area contributed by atoms with Crippen LogP contribution in [0.1, 0.15) is 64.7 Å². The van der Waals surface area contributed by atoms with Crippen LogP contribution in [-0.4, -0.2) is 44.4 Å². The topological polar surface area (TPSA) is 99.8 Å². The quantitative estimate of drug-likeness (QED) is 0.378. The second-order valence-corrected chi connectivity index (χ2v) is 9.14. The molecule has 1 amide bonds. The first-order chi connectivity index (χ1) is 17.9. The molecule has 1 aromatic carbocycles. The fourth-order valence-electron chi connectivity index (χ4n) is 4.37. The van der Waals surface area contributed by atoms with Crippen molar-refractivity contribution in [1.29, 1.82) is 0 Å². The molecule has 3 aromatic heterocycles. The number of rotatable bonds is 7. The summed E-state index contributed by atoms with van der Waals surface area (Å²) in [6.45, 7) is 8.71. The number of nitrogens with one attached hydrogen (secondary N) is 1. The maximum atomic E-state index is 12.6. The minimum atomic E-state index is -0.974. The van der Waals surface area contributed by atoms with Crippen molar-refractivity contribution < 1.29 is 14.7 Å². The van der Waals surface area contributed by atoms with E-state index in [2.05, 4.69) is 39.2 Å². The number of aromatic nitrogens is 3. The van der Waals surface area contributed by atoms with E-state index in [1.54, 1.807) is 24.4 Å². The Kier molecular flexibility index (Phi) is 8.18. The number of carbonyl (C=O) groups excluding carboxylic acids is 1. The number of fused-ring (bicyclic) bond motifs is 1. The van der Waals surface area contributed by atoms with E-state index < -0.39 is 5.97 Å². The molecule has 1 aliphatic heterocycles. The Labute approximate surface area is 217 Å². The highest BCUT2D eigenvalue weighted by molar-refractivity contribution is 5.94. The molecule has 8 nitrogen and oxygen atoms in total. The van der Waals surface area contributed by atoms with Gasteiger partial charge in [0.25, 0.3) is 5.91 Å². The standard InChI is InChI=1S/C27H27N5O3.C2H6/c1-18-10-11-31(15-18)24-8-4-20(14-28-24)12-23-17-32-16-22(7-9-25(32)30-23)26(33)29-13-19-2-5-21(6-3-19)27(34)35;1-2/h2-9,14,16-18H,10-13,15H2,1H3,(H,29,33)(H,34,35);1-2H3. The van der Waals surface area contributed by atoms with Crippen molar-refractivity contribution in [3.8, 4) is 0 Å². The van der Waals surface area contributed by atoms with E-state index in [1.807, 2.05) is 36.7 Å². The summed E-state index contributed by atoms with van der Waals surface area (Å²) in [4.78, 5) is 35.3. The van der Waals surface area contributed by atoms with Crippen molar-refractivity contribution in [1.82, 2.24) is 19.7 Å². The number of anilines is 1. The number of hydrogen-bond acceptors (Lipinski definition) is 5. The molecule has 1 unspecified atom stereocenters. The van der Waals surface area contributed by atoms with Gasteiger partial charge in [0, 0.05) is 44.6 Å². The molecule has 8 heteroatoms. The number of hydrogen-bond donors (Lipinski definition) is 2. The van der Waals surface area contributed by atoms with Gasteiger partial charge < -0.3 is 19.7 Å². The number of aromatic carboxylic acids is 1. The molecular formula is C29H33N5O3. The maximum Gasteiger partial charge on any atom is 0.335 e. The first-order valence-electron chi connectivity index (χ1n) is 12.7. The van der Waals surface area contributed by atoms with Gasteiger partial charge in [-0.05, 0) is 53.8 Å². The van der Waals surface area contributed by atoms with Crippen LogP contribution in [0, 0.1) is 5.92 Å². The molecule has 5 rings (SSSR count). The summed E-state index contributed by atoms with van der Waals surface area (Å²) in [5.41, 5.74) is 4.34. The van der Waals surface area contributed by atoms with Gasteiger partial charge in [-0.2, -0.15) is 0 Å². The largest absolute Gasteiger partial charge is 0.478 e. The lowest BCUT2D eigenvalue weighted by Crippen LogP contribution is -2.23. The number of amides is 1. The summed E-state index contributed by atoms with van der Waals surface area (Å²) in [7, 11) is 0. The summed E-state index contributed by atoms with van der Waals surface area (Å²) in [6.07, 6.45) is 7.51. The molecule has 1 saturated heterocycles. The van der Waals surface area contributed by atoms with Crippen molar-refractivity contribution in [2.24, 2.45) is 5.92 Å². The maximum absolute atomic E-state index is 12.6. The van der Waals surface area contributed by atoms with Gasteiger partial charge in [-0.3, -0.25) is 4.79 Å². The predicted molar refractivity (Wildman–Crippen MR) is 144 cm³/mol. The Bertz CT molecular complexity index is 1360. The number of benzene rings is 1. The van der Waals surface area contributed by atoms with Gasteiger partial charge >= 0.3 is 5.97 Å². The van der Waals surface area contributed by atoms with Crippen LogP contribution in [-0.2, 0) is 13.0 Å². The van der Waals surface area contributed by atoms with Crippen molar-refractivity contribution >= 4 is 23.3 Å². The molecule has 2 N–H and O–H groups in total. The lowest BCUT2D eigenvalue weighted by Gasteiger charge is -2.16. The third-order valence-corrected chi connectivity index (χ3v) is 6.36.